The van der Waals surface area contributed by atoms with E-state index in [1.54, 1.807) is 54.6 Å². The molecule has 0 aliphatic rings. The lowest BCUT2D eigenvalue weighted by Gasteiger charge is -2.12. The highest BCUT2D eigenvalue weighted by Crippen LogP contribution is 2.35. The number of rotatable bonds is 6. The van der Waals surface area contributed by atoms with Crippen LogP contribution in [0.25, 0.3) is 34.2 Å². The smallest absolute Gasteiger partial charge is 0.337 e. The minimum atomic E-state index is -0.460. The van der Waals surface area contributed by atoms with Crippen molar-refractivity contribution in [3.63, 3.8) is 0 Å². The highest BCUT2D eigenvalue weighted by molar-refractivity contribution is 5.89. The molecule has 1 aromatic heterocycles. The Bertz CT molecular complexity index is 1570. The van der Waals surface area contributed by atoms with Crippen LogP contribution in [0.15, 0.2) is 97.1 Å². The fourth-order valence-corrected chi connectivity index (χ4v) is 3.66. The van der Waals surface area contributed by atoms with Gasteiger partial charge < -0.3 is 19.7 Å². The van der Waals surface area contributed by atoms with Crippen LogP contribution in [0, 0.1) is 0 Å². The minimum Gasteiger partial charge on any atom is -0.507 e. The number of benzene rings is 4. The van der Waals surface area contributed by atoms with E-state index in [9.17, 15) is 15.0 Å². The lowest BCUT2D eigenvalue weighted by molar-refractivity contribution is 0.0600. The zero-order valence-corrected chi connectivity index (χ0v) is 19.7. The highest BCUT2D eigenvalue weighted by Gasteiger charge is 2.17. The fourth-order valence-electron chi connectivity index (χ4n) is 3.66. The molecule has 0 amide bonds. The van der Waals surface area contributed by atoms with Gasteiger partial charge in [0.1, 0.15) is 23.0 Å². The largest absolute Gasteiger partial charge is 0.507 e. The van der Waals surface area contributed by atoms with Gasteiger partial charge in [0.2, 0.25) is 0 Å². The van der Waals surface area contributed by atoms with Crippen molar-refractivity contribution in [1.82, 2.24) is 15.0 Å². The van der Waals surface area contributed by atoms with Crippen molar-refractivity contribution < 1.29 is 24.5 Å². The third kappa shape index (κ3) is 5.08. The van der Waals surface area contributed by atoms with Gasteiger partial charge in [-0.2, -0.15) is 0 Å². The number of aromatic hydroxyl groups is 2. The lowest BCUT2D eigenvalue weighted by Crippen LogP contribution is -2.02. The molecule has 0 aliphatic heterocycles. The molecule has 0 aliphatic carbocycles. The Hall–Kier alpha value is -5.24. The van der Waals surface area contributed by atoms with E-state index < -0.39 is 5.97 Å². The van der Waals surface area contributed by atoms with Crippen LogP contribution in [0.3, 0.4) is 0 Å². The molecular formula is C29H21N3O5. The van der Waals surface area contributed by atoms with Gasteiger partial charge in [0.05, 0.1) is 23.8 Å². The van der Waals surface area contributed by atoms with E-state index in [1.807, 2.05) is 30.3 Å². The Kier molecular flexibility index (Phi) is 6.46. The van der Waals surface area contributed by atoms with Crippen LogP contribution in [0.5, 0.6) is 23.0 Å². The summed E-state index contributed by atoms with van der Waals surface area (Å²) in [6, 6.07) is 27.3. The Labute approximate surface area is 212 Å². The van der Waals surface area contributed by atoms with Crippen LogP contribution in [0.1, 0.15) is 10.4 Å². The second-order valence-electron chi connectivity index (χ2n) is 7.99. The first kappa shape index (κ1) is 23.5. The van der Waals surface area contributed by atoms with Gasteiger partial charge in [-0.15, -0.1) is 0 Å². The number of carbonyl (C=O) groups excluding carboxylic acids is 1. The van der Waals surface area contributed by atoms with E-state index in [1.165, 1.54) is 19.2 Å². The molecule has 0 fully saturated rings. The Morgan fingerprint density at radius 3 is 1.97 bits per heavy atom. The van der Waals surface area contributed by atoms with Crippen molar-refractivity contribution in [2.45, 2.75) is 0 Å². The second kappa shape index (κ2) is 10.2. The van der Waals surface area contributed by atoms with Gasteiger partial charge >= 0.3 is 5.97 Å². The quantitative estimate of drug-likeness (QED) is 0.284. The molecule has 0 spiro atoms. The summed E-state index contributed by atoms with van der Waals surface area (Å²) in [5.74, 6) is 1.27. The SMILES string of the molecule is COC(=O)c1ccc(-c2nc(-c3ccccc3O)nc(-c3cc(Oc4ccccc4)ccc3O)n2)cc1. The number of ether oxygens (including phenoxy) is 2. The van der Waals surface area contributed by atoms with Crippen molar-refractivity contribution in [3.8, 4) is 57.2 Å². The van der Waals surface area contributed by atoms with Crippen LogP contribution < -0.4 is 4.74 Å². The highest BCUT2D eigenvalue weighted by atomic mass is 16.5. The average Bonchev–Trinajstić information content (AvgIpc) is 2.94. The van der Waals surface area contributed by atoms with Gasteiger partial charge in [-0.1, -0.05) is 42.5 Å². The van der Waals surface area contributed by atoms with E-state index in [0.717, 1.165) is 0 Å². The summed E-state index contributed by atoms with van der Waals surface area (Å²) in [5.41, 5.74) is 1.70. The number of esters is 1. The van der Waals surface area contributed by atoms with Crippen molar-refractivity contribution in [2.24, 2.45) is 0 Å². The van der Waals surface area contributed by atoms with Crippen LogP contribution in [0.2, 0.25) is 0 Å². The summed E-state index contributed by atoms with van der Waals surface area (Å²) >= 11 is 0. The Morgan fingerprint density at radius 1 is 0.649 bits per heavy atom. The molecule has 0 radical (unpaired) electrons. The molecule has 8 nitrogen and oxygen atoms in total. The van der Waals surface area contributed by atoms with Crippen molar-refractivity contribution >= 4 is 5.97 Å². The second-order valence-corrected chi connectivity index (χ2v) is 7.99. The zero-order chi connectivity index (χ0) is 25.8. The predicted molar refractivity (Wildman–Crippen MR) is 137 cm³/mol. The van der Waals surface area contributed by atoms with Crippen LogP contribution in [0.4, 0.5) is 0 Å². The summed E-state index contributed by atoms with van der Waals surface area (Å²) in [4.78, 5) is 25.6. The summed E-state index contributed by atoms with van der Waals surface area (Å²) in [7, 11) is 1.31. The van der Waals surface area contributed by atoms with E-state index in [-0.39, 0.29) is 29.0 Å². The third-order valence-electron chi connectivity index (χ3n) is 5.53. The summed E-state index contributed by atoms with van der Waals surface area (Å²) in [5, 5.41) is 21.2. The molecule has 5 aromatic rings. The number of hydrogen-bond acceptors (Lipinski definition) is 8. The summed E-state index contributed by atoms with van der Waals surface area (Å²) in [6.07, 6.45) is 0. The zero-order valence-electron chi connectivity index (χ0n) is 19.7. The van der Waals surface area contributed by atoms with Gasteiger partial charge in [0.25, 0.3) is 0 Å². The molecule has 4 aromatic carbocycles. The number of aromatic nitrogens is 3. The van der Waals surface area contributed by atoms with Crippen LogP contribution in [-0.2, 0) is 4.74 Å². The molecule has 1 heterocycles. The van der Waals surface area contributed by atoms with E-state index in [4.69, 9.17) is 9.47 Å². The van der Waals surface area contributed by atoms with Gasteiger partial charge in [-0.3, -0.25) is 0 Å². The number of hydrogen-bond donors (Lipinski definition) is 2. The topological polar surface area (TPSA) is 115 Å². The summed E-state index contributed by atoms with van der Waals surface area (Å²) < 4.78 is 10.7. The molecule has 0 saturated carbocycles. The number of phenols is 2. The molecule has 0 bridgehead atoms. The molecule has 37 heavy (non-hydrogen) atoms. The molecule has 0 unspecified atom stereocenters. The van der Waals surface area contributed by atoms with Crippen molar-refractivity contribution in [2.75, 3.05) is 7.11 Å². The first-order valence-electron chi connectivity index (χ1n) is 11.3. The van der Waals surface area contributed by atoms with Gasteiger partial charge in [0, 0.05) is 5.56 Å². The number of para-hydroxylation sites is 2. The Morgan fingerprint density at radius 2 is 1.27 bits per heavy atom. The molecule has 0 saturated heterocycles. The predicted octanol–water partition coefficient (Wildman–Crippen LogP) is 5.86. The maximum Gasteiger partial charge on any atom is 0.337 e. The van der Waals surface area contributed by atoms with E-state index in [2.05, 4.69) is 15.0 Å². The molecule has 8 heteroatoms. The molecule has 0 atom stereocenters. The molecule has 5 rings (SSSR count). The third-order valence-corrected chi connectivity index (χ3v) is 5.53. The van der Waals surface area contributed by atoms with E-state index >= 15 is 0 Å². The van der Waals surface area contributed by atoms with Gasteiger partial charge in [-0.25, -0.2) is 19.7 Å². The lowest BCUT2D eigenvalue weighted by atomic mass is 10.1. The standard InChI is InChI=1S/C29H21N3O5/c1-36-29(35)19-13-11-18(12-14-19)26-30-27(22-9-5-6-10-24(22)33)32-28(31-26)23-17-21(15-16-25(23)34)37-20-7-3-2-4-8-20/h2-17,33-34H,1H3. The number of methoxy groups -OCH3 is 1. The summed E-state index contributed by atoms with van der Waals surface area (Å²) in [6.45, 7) is 0. The van der Waals surface area contributed by atoms with E-state index in [0.29, 0.717) is 33.8 Å². The average molecular weight is 492 g/mol. The van der Waals surface area contributed by atoms with Gasteiger partial charge in [0.15, 0.2) is 17.5 Å². The Balaban J connectivity index is 1.63. The molecule has 182 valence electrons. The molecule has 2 N–H and O–H groups in total. The normalized spacial score (nSPS) is 10.6. The number of nitrogens with zero attached hydrogens (tertiary/aromatic N) is 3. The number of carbonyl (C=O) groups is 1. The van der Waals surface area contributed by atoms with Crippen LogP contribution >= 0.6 is 0 Å². The van der Waals surface area contributed by atoms with Crippen LogP contribution in [-0.4, -0.2) is 38.2 Å². The fraction of sp³-hybridized carbons (Fsp3) is 0.0345. The van der Waals surface area contributed by atoms with Gasteiger partial charge in [-0.05, 0) is 54.6 Å². The minimum absolute atomic E-state index is 0.00276. The first-order valence-corrected chi connectivity index (χ1v) is 11.3. The maximum absolute atomic E-state index is 11.8. The number of phenolic OH excluding ortho intramolecular Hbond substituents is 2. The monoisotopic (exact) mass is 491 g/mol. The first-order chi connectivity index (χ1) is 18.0. The van der Waals surface area contributed by atoms with Crippen molar-refractivity contribution in [1.29, 1.82) is 0 Å². The van der Waals surface area contributed by atoms with Crippen molar-refractivity contribution in [3.05, 3.63) is 103 Å². The maximum atomic E-state index is 11.8. The molecular weight excluding hydrogens is 470 g/mol.